The fourth-order valence-corrected chi connectivity index (χ4v) is 3.54. The van der Waals surface area contributed by atoms with Gasteiger partial charge in [-0.3, -0.25) is 4.79 Å². The molecule has 0 atom stereocenters. The van der Waals surface area contributed by atoms with Crippen molar-refractivity contribution >= 4 is 28.9 Å². The largest absolute Gasteiger partial charge is 0.368 e. The zero-order valence-corrected chi connectivity index (χ0v) is 15.8. The molecule has 0 amide bonds. The Balaban J connectivity index is 1.85. The molecule has 3 rings (SSSR count). The standard InChI is InChI=1S/C18H22Cl2N4O/c1-2-8-22-9-3-10-23(12-11-22)16-13-21-24(18(25)17(16)20)15-6-4-14(19)5-7-15/h4-7,13H,2-3,8-12H2,1H3. The summed E-state index contributed by atoms with van der Waals surface area (Å²) in [6, 6.07) is 6.95. The molecule has 2 heterocycles. The maximum Gasteiger partial charge on any atom is 0.292 e. The Hall–Kier alpha value is -1.56. The second-order valence-electron chi connectivity index (χ2n) is 6.22. The second kappa shape index (κ2) is 8.21. The van der Waals surface area contributed by atoms with Crippen LogP contribution in [0.2, 0.25) is 10.0 Å². The van der Waals surface area contributed by atoms with Gasteiger partial charge in [0.15, 0.2) is 0 Å². The SMILES string of the molecule is CCCN1CCCN(c2cnn(-c3ccc(Cl)cc3)c(=O)c2Cl)CC1. The molecule has 1 aliphatic heterocycles. The van der Waals surface area contributed by atoms with Gasteiger partial charge < -0.3 is 9.80 Å². The molecular formula is C18H22Cl2N4O. The summed E-state index contributed by atoms with van der Waals surface area (Å²) in [5.74, 6) is 0. The van der Waals surface area contributed by atoms with E-state index >= 15 is 0 Å². The van der Waals surface area contributed by atoms with Gasteiger partial charge >= 0.3 is 0 Å². The number of aromatic nitrogens is 2. The normalized spacial score (nSPS) is 16.0. The fourth-order valence-electron chi connectivity index (χ4n) is 3.16. The summed E-state index contributed by atoms with van der Waals surface area (Å²) in [4.78, 5) is 17.3. The van der Waals surface area contributed by atoms with Crippen molar-refractivity contribution in [1.29, 1.82) is 0 Å². The first-order valence-electron chi connectivity index (χ1n) is 8.61. The van der Waals surface area contributed by atoms with Crippen LogP contribution in [0.3, 0.4) is 0 Å². The third-order valence-corrected chi connectivity index (χ3v) is 5.05. The summed E-state index contributed by atoms with van der Waals surface area (Å²) in [5.41, 5.74) is 1.05. The van der Waals surface area contributed by atoms with Gasteiger partial charge in [-0.25, -0.2) is 0 Å². The lowest BCUT2D eigenvalue weighted by Gasteiger charge is -2.24. The van der Waals surface area contributed by atoms with Crippen LogP contribution >= 0.6 is 23.2 Å². The molecule has 25 heavy (non-hydrogen) atoms. The Bertz CT molecular complexity index is 776. The van der Waals surface area contributed by atoms with E-state index in [0.717, 1.165) is 51.3 Å². The molecule has 0 saturated carbocycles. The van der Waals surface area contributed by atoms with Gasteiger partial charge in [-0.15, -0.1) is 0 Å². The Morgan fingerprint density at radius 3 is 2.56 bits per heavy atom. The van der Waals surface area contributed by atoms with E-state index in [1.54, 1.807) is 30.5 Å². The maximum atomic E-state index is 12.7. The van der Waals surface area contributed by atoms with E-state index < -0.39 is 0 Å². The molecular weight excluding hydrogens is 359 g/mol. The smallest absolute Gasteiger partial charge is 0.292 e. The van der Waals surface area contributed by atoms with E-state index in [2.05, 4.69) is 21.8 Å². The van der Waals surface area contributed by atoms with Gasteiger partial charge in [-0.05, 0) is 50.2 Å². The molecule has 0 bridgehead atoms. The number of hydrogen-bond donors (Lipinski definition) is 0. The van der Waals surface area contributed by atoms with Gasteiger partial charge in [0.25, 0.3) is 5.56 Å². The molecule has 0 radical (unpaired) electrons. The predicted octanol–water partition coefficient (Wildman–Crippen LogP) is 3.46. The maximum absolute atomic E-state index is 12.7. The monoisotopic (exact) mass is 380 g/mol. The Kier molecular flexibility index (Phi) is 5.99. The van der Waals surface area contributed by atoms with E-state index in [1.807, 2.05) is 0 Å². The van der Waals surface area contributed by atoms with Gasteiger partial charge in [0.05, 0.1) is 17.6 Å². The molecule has 0 unspecified atom stereocenters. The highest BCUT2D eigenvalue weighted by Crippen LogP contribution is 2.23. The molecule has 1 saturated heterocycles. The molecule has 2 aromatic rings. The number of benzene rings is 1. The Labute approximate surface area is 157 Å². The van der Waals surface area contributed by atoms with Crippen LogP contribution in [0.4, 0.5) is 5.69 Å². The van der Waals surface area contributed by atoms with Crippen molar-refractivity contribution in [3.05, 3.63) is 50.9 Å². The molecule has 0 aliphatic carbocycles. The van der Waals surface area contributed by atoms with Crippen LogP contribution in [-0.4, -0.2) is 47.4 Å². The molecule has 0 N–H and O–H groups in total. The zero-order valence-electron chi connectivity index (χ0n) is 14.3. The van der Waals surface area contributed by atoms with Crippen LogP contribution in [0.1, 0.15) is 19.8 Å². The topological polar surface area (TPSA) is 41.4 Å². The number of nitrogens with zero attached hydrogens (tertiary/aromatic N) is 4. The van der Waals surface area contributed by atoms with Crippen LogP contribution in [0.25, 0.3) is 5.69 Å². The summed E-state index contributed by atoms with van der Waals surface area (Å²) in [6.45, 7) is 7.09. The minimum Gasteiger partial charge on any atom is -0.368 e. The summed E-state index contributed by atoms with van der Waals surface area (Å²) in [6.07, 6.45) is 3.89. The highest BCUT2D eigenvalue weighted by atomic mass is 35.5. The van der Waals surface area contributed by atoms with E-state index in [0.29, 0.717) is 10.7 Å². The van der Waals surface area contributed by atoms with Crippen LogP contribution in [-0.2, 0) is 0 Å². The molecule has 1 aliphatic rings. The van der Waals surface area contributed by atoms with Crippen molar-refractivity contribution in [2.45, 2.75) is 19.8 Å². The highest BCUT2D eigenvalue weighted by molar-refractivity contribution is 6.33. The minimum atomic E-state index is -0.309. The van der Waals surface area contributed by atoms with Gasteiger partial charge in [0, 0.05) is 24.7 Å². The lowest BCUT2D eigenvalue weighted by atomic mass is 10.3. The van der Waals surface area contributed by atoms with Gasteiger partial charge in [-0.2, -0.15) is 9.78 Å². The van der Waals surface area contributed by atoms with Crippen molar-refractivity contribution in [3.63, 3.8) is 0 Å². The van der Waals surface area contributed by atoms with Gasteiger partial charge in [0.2, 0.25) is 0 Å². The lowest BCUT2D eigenvalue weighted by Crippen LogP contribution is -2.33. The molecule has 1 aromatic carbocycles. The average Bonchev–Trinajstić information content (AvgIpc) is 2.84. The average molecular weight is 381 g/mol. The molecule has 5 nitrogen and oxygen atoms in total. The molecule has 134 valence electrons. The van der Waals surface area contributed by atoms with Crippen molar-refractivity contribution < 1.29 is 0 Å². The van der Waals surface area contributed by atoms with Crippen LogP contribution in [0.5, 0.6) is 0 Å². The number of anilines is 1. The summed E-state index contributed by atoms with van der Waals surface area (Å²) >= 11 is 12.3. The second-order valence-corrected chi connectivity index (χ2v) is 7.03. The van der Waals surface area contributed by atoms with E-state index in [1.165, 1.54) is 4.68 Å². The summed E-state index contributed by atoms with van der Waals surface area (Å²) in [7, 11) is 0. The minimum absolute atomic E-state index is 0.217. The van der Waals surface area contributed by atoms with Gasteiger partial charge in [0.1, 0.15) is 5.02 Å². The lowest BCUT2D eigenvalue weighted by molar-refractivity contribution is 0.294. The first kappa shape index (κ1) is 18.2. The molecule has 1 fully saturated rings. The number of halogens is 2. The molecule has 0 spiro atoms. The van der Waals surface area contributed by atoms with Crippen molar-refractivity contribution in [3.8, 4) is 5.69 Å². The van der Waals surface area contributed by atoms with E-state index in [9.17, 15) is 4.79 Å². The van der Waals surface area contributed by atoms with Crippen LogP contribution in [0.15, 0.2) is 35.3 Å². The first-order valence-corrected chi connectivity index (χ1v) is 9.37. The summed E-state index contributed by atoms with van der Waals surface area (Å²) < 4.78 is 1.31. The Morgan fingerprint density at radius 1 is 1.08 bits per heavy atom. The fraction of sp³-hybridized carbons (Fsp3) is 0.444. The first-order chi connectivity index (χ1) is 12.1. The van der Waals surface area contributed by atoms with Crippen molar-refractivity contribution in [2.75, 3.05) is 37.6 Å². The van der Waals surface area contributed by atoms with E-state index in [-0.39, 0.29) is 10.6 Å². The number of hydrogen-bond acceptors (Lipinski definition) is 4. The van der Waals surface area contributed by atoms with E-state index in [4.69, 9.17) is 23.2 Å². The quantitative estimate of drug-likeness (QED) is 0.814. The van der Waals surface area contributed by atoms with Crippen molar-refractivity contribution in [1.82, 2.24) is 14.7 Å². The molecule has 7 heteroatoms. The summed E-state index contributed by atoms with van der Waals surface area (Å²) in [5, 5.41) is 5.15. The third kappa shape index (κ3) is 4.17. The molecule has 1 aromatic heterocycles. The van der Waals surface area contributed by atoms with Gasteiger partial charge in [-0.1, -0.05) is 30.1 Å². The number of rotatable bonds is 4. The third-order valence-electron chi connectivity index (χ3n) is 4.44. The van der Waals surface area contributed by atoms with Crippen LogP contribution < -0.4 is 10.5 Å². The van der Waals surface area contributed by atoms with Crippen LogP contribution in [0, 0.1) is 0 Å². The van der Waals surface area contributed by atoms with Crippen molar-refractivity contribution in [2.24, 2.45) is 0 Å². The predicted molar refractivity (Wildman–Crippen MR) is 103 cm³/mol. The Morgan fingerprint density at radius 2 is 1.84 bits per heavy atom. The zero-order chi connectivity index (χ0) is 17.8. The highest BCUT2D eigenvalue weighted by Gasteiger charge is 2.19.